The van der Waals surface area contributed by atoms with Gasteiger partial charge in [0.05, 0.1) is 0 Å². The summed E-state index contributed by atoms with van der Waals surface area (Å²) in [5.41, 5.74) is 1.09. The maximum absolute atomic E-state index is 5.95. The molecule has 1 nitrogen and oxygen atoms in total. The van der Waals surface area contributed by atoms with Gasteiger partial charge in [-0.15, -0.1) is 0 Å². The lowest BCUT2D eigenvalue weighted by Crippen LogP contribution is -1.90. The Balaban J connectivity index is 3.09. The third-order valence-electron chi connectivity index (χ3n) is 1.47. The van der Waals surface area contributed by atoms with Gasteiger partial charge in [-0.1, -0.05) is 25.4 Å². The van der Waals surface area contributed by atoms with Crippen molar-refractivity contribution >= 4 is 27.5 Å². The smallest absolute Gasteiger partial charge is 0.107 e. The lowest BCUT2D eigenvalue weighted by atomic mass is 10.1. The van der Waals surface area contributed by atoms with Gasteiger partial charge < -0.3 is 0 Å². The van der Waals surface area contributed by atoms with Gasteiger partial charge >= 0.3 is 0 Å². The molecular formula is C8H9BrClN. The van der Waals surface area contributed by atoms with E-state index in [1.165, 1.54) is 0 Å². The molecule has 3 heteroatoms. The summed E-state index contributed by atoms with van der Waals surface area (Å²) in [6, 6.07) is 1.82. The van der Waals surface area contributed by atoms with Gasteiger partial charge in [-0.05, 0) is 33.5 Å². The van der Waals surface area contributed by atoms with E-state index >= 15 is 0 Å². The maximum atomic E-state index is 5.95. The zero-order valence-corrected chi connectivity index (χ0v) is 8.78. The van der Waals surface area contributed by atoms with Crippen molar-refractivity contribution in [3.63, 3.8) is 0 Å². The average Bonchev–Trinajstić information content (AvgIpc) is 1.85. The molecule has 11 heavy (non-hydrogen) atoms. The Morgan fingerprint density at radius 3 is 2.64 bits per heavy atom. The van der Waals surface area contributed by atoms with Crippen LogP contribution in [0.2, 0.25) is 5.02 Å². The second-order valence-electron chi connectivity index (χ2n) is 2.68. The Morgan fingerprint density at radius 1 is 1.55 bits per heavy atom. The first kappa shape index (κ1) is 9.01. The van der Waals surface area contributed by atoms with Crippen LogP contribution in [0.25, 0.3) is 0 Å². The summed E-state index contributed by atoms with van der Waals surface area (Å²) in [6.45, 7) is 4.19. The maximum Gasteiger partial charge on any atom is 0.107 e. The number of nitrogens with zero attached hydrogens (tertiary/aromatic N) is 1. The van der Waals surface area contributed by atoms with Crippen molar-refractivity contribution in [2.75, 3.05) is 0 Å². The average molecular weight is 235 g/mol. The number of aromatic nitrogens is 1. The molecule has 0 spiro atoms. The minimum Gasteiger partial charge on any atom is -0.249 e. The lowest BCUT2D eigenvalue weighted by Gasteiger charge is -2.06. The van der Waals surface area contributed by atoms with Crippen molar-refractivity contribution in [2.24, 2.45) is 0 Å². The zero-order valence-electron chi connectivity index (χ0n) is 6.44. The van der Waals surface area contributed by atoms with Gasteiger partial charge in [0.15, 0.2) is 0 Å². The molecule has 0 aliphatic heterocycles. The van der Waals surface area contributed by atoms with Crippen LogP contribution in [0.3, 0.4) is 0 Å². The van der Waals surface area contributed by atoms with E-state index < -0.39 is 0 Å². The second kappa shape index (κ2) is 3.55. The number of rotatable bonds is 1. The standard InChI is InChI=1S/C8H9BrClN/c1-5(2)6-4-11-8(9)3-7(6)10/h3-5H,1-2H3. The van der Waals surface area contributed by atoms with Crippen molar-refractivity contribution in [2.45, 2.75) is 19.8 Å². The fourth-order valence-electron chi connectivity index (χ4n) is 0.843. The molecule has 0 aliphatic carbocycles. The summed E-state index contributed by atoms with van der Waals surface area (Å²) in [5.74, 6) is 0.433. The van der Waals surface area contributed by atoms with Gasteiger partial charge in [0.1, 0.15) is 4.60 Å². The van der Waals surface area contributed by atoms with E-state index in [1.54, 1.807) is 6.20 Å². The highest BCUT2D eigenvalue weighted by atomic mass is 79.9. The summed E-state index contributed by atoms with van der Waals surface area (Å²) >= 11 is 9.20. The van der Waals surface area contributed by atoms with Gasteiger partial charge in [-0.3, -0.25) is 0 Å². The summed E-state index contributed by atoms with van der Waals surface area (Å²) in [7, 11) is 0. The fraction of sp³-hybridized carbons (Fsp3) is 0.375. The van der Waals surface area contributed by atoms with Crippen LogP contribution in [0.5, 0.6) is 0 Å². The number of pyridine rings is 1. The Morgan fingerprint density at radius 2 is 2.18 bits per heavy atom. The van der Waals surface area contributed by atoms with Crippen LogP contribution < -0.4 is 0 Å². The second-order valence-corrected chi connectivity index (χ2v) is 3.90. The molecule has 0 aliphatic rings. The highest BCUT2D eigenvalue weighted by molar-refractivity contribution is 9.10. The Labute approximate surface area is 79.9 Å². The van der Waals surface area contributed by atoms with Crippen molar-refractivity contribution in [1.29, 1.82) is 0 Å². The SMILES string of the molecule is CC(C)c1cnc(Br)cc1Cl. The van der Waals surface area contributed by atoms with Gasteiger partial charge in [0, 0.05) is 11.2 Å². The molecule has 60 valence electrons. The van der Waals surface area contributed by atoms with E-state index in [0.717, 1.165) is 15.2 Å². The first-order chi connectivity index (χ1) is 5.11. The van der Waals surface area contributed by atoms with Crippen LogP contribution in [0.15, 0.2) is 16.9 Å². The quantitative estimate of drug-likeness (QED) is 0.676. The summed E-state index contributed by atoms with van der Waals surface area (Å²) in [6.07, 6.45) is 1.80. The molecule has 0 saturated carbocycles. The molecule has 0 bridgehead atoms. The first-order valence-electron chi connectivity index (χ1n) is 3.42. The molecule has 1 heterocycles. The van der Waals surface area contributed by atoms with Gasteiger partial charge in [-0.2, -0.15) is 0 Å². The fourth-order valence-corrected chi connectivity index (χ4v) is 1.68. The van der Waals surface area contributed by atoms with Gasteiger partial charge in [0.2, 0.25) is 0 Å². The molecule has 0 radical (unpaired) electrons. The largest absolute Gasteiger partial charge is 0.249 e. The van der Waals surface area contributed by atoms with Crippen molar-refractivity contribution in [3.8, 4) is 0 Å². The Bertz CT molecular complexity index is 260. The minimum absolute atomic E-state index is 0.433. The molecule has 1 aromatic heterocycles. The van der Waals surface area contributed by atoms with Crippen LogP contribution >= 0.6 is 27.5 Å². The van der Waals surface area contributed by atoms with Crippen LogP contribution in [0, 0.1) is 0 Å². The van der Waals surface area contributed by atoms with Crippen molar-refractivity contribution in [1.82, 2.24) is 4.98 Å². The minimum atomic E-state index is 0.433. The Hall–Kier alpha value is -0.0800. The number of hydrogen-bond acceptors (Lipinski definition) is 1. The van der Waals surface area contributed by atoms with Crippen molar-refractivity contribution in [3.05, 3.63) is 27.5 Å². The van der Waals surface area contributed by atoms with E-state index in [0.29, 0.717) is 5.92 Å². The van der Waals surface area contributed by atoms with E-state index in [1.807, 2.05) is 6.07 Å². The third kappa shape index (κ3) is 2.17. The monoisotopic (exact) mass is 233 g/mol. The highest BCUT2D eigenvalue weighted by Crippen LogP contribution is 2.24. The molecule has 0 N–H and O–H groups in total. The topological polar surface area (TPSA) is 12.9 Å². The molecule has 0 saturated heterocycles. The summed E-state index contributed by atoms with van der Waals surface area (Å²) in [4.78, 5) is 4.09. The van der Waals surface area contributed by atoms with E-state index in [2.05, 4.69) is 34.8 Å². The third-order valence-corrected chi connectivity index (χ3v) is 2.23. The Kier molecular flexibility index (Phi) is 2.90. The molecular weight excluding hydrogens is 225 g/mol. The van der Waals surface area contributed by atoms with Crippen LogP contribution in [-0.2, 0) is 0 Å². The molecule has 0 atom stereocenters. The molecule has 0 unspecified atom stereocenters. The summed E-state index contributed by atoms with van der Waals surface area (Å²) in [5, 5.41) is 0.780. The van der Waals surface area contributed by atoms with Crippen LogP contribution in [-0.4, -0.2) is 4.98 Å². The number of halogens is 2. The molecule has 0 amide bonds. The van der Waals surface area contributed by atoms with E-state index in [9.17, 15) is 0 Å². The van der Waals surface area contributed by atoms with Crippen LogP contribution in [0.4, 0.5) is 0 Å². The first-order valence-corrected chi connectivity index (χ1v) is 4.59. The van der Waals surface area contributed by atoms with E-state index in [4.69, 9.17) is 11.6 Å². The normalized spacial score (nSPS) is 10.6. The highest BCUT2D eigenvalue weighted by Gasteiger charge is 2.04. The molecule has 0 aromatic carbocycles. The van der Waals surface area contributed by atoms with Crippen LogP contribution in [0.1, 0.15) is 25.3 Å². The lowest BCUT2D eigenvalue weighted by molar-refractivity contribution is 0.857. The zero-order chi connectivity index (χ0) is 8.43. The predicted octanol–water partition coefficient (Wildman–Crippen LogP) is 3.62. The van der Waals surface area contributed by atoms with E-state index in [-0.39, 0.29) is 0 Å². The molecule has 1 rings (SSSR count). The predicted molar refractivity (Wildman–Crippen MR) is 51.0 cm³/mol. The van der Waals surface area contributed by atoms with Gasteiger partial charge in [-0.25, -0.2) is 4.98 Å². The van der Waals surface area contributed by atoms with Crippen molar-refractivity contribution < 1.29 is 0 Å². The number of hydrogen-bond donors (Lipinski definition) is 0. The molecule has 1 aromatic rings. The molecule has 0 fully saturated rings. The van der Waals surface area contributed by atoms with Gasteiger partial charge in [0.25, 0.3) is 0 Å². The summed E-state index contributed by atoms with van der Waals surface area (Å²) < 4.78 is 0.784.